The summed E-state index contributed by atoms with van der Waals surface area (Å²) in [4.78, 5) is 71.4. The highest BCUT2D eigenvalue weighted by Crippen LogP contribution is 2.45. The molecule has 2 fully saturated rings. The molecule has 6 rings (SSSR count). The zero-order valence-corrected chi connectivity index (χ0v) is 31.0. The van der Waals surface area contributed by atoms with E-state index in [-0.39, 0.29) is 50.8 Å². The summed E-state index contributed by atoms with van der Waals surface area (Å²) in [5.41, 5.74) is -0.307. The number of nitrogens with one attached hydrogen (secondary N) is 3. The first-order chi connectivity index (χ1) is 25.7. The fraction of sp³-hybridized carbons (Fsp3) is 0.525. The second kappa shape index (κ2) is 16.2. The Morgan fingerprint density at radius 3 is 2.59 bits per heavy atom. The van der Waals surface area contributed by atoms with Crippen LogP contribution in [0.5, 0.6) is 0 Å². The Morgan fingerprint density at radius 2 is 1.83 bits per heavy atom. The minimum atomic E-state index is -1.28. The molecule has 0 bridgehead atoms. The van der Waals surface area contributed by atoms with Gasteiger partial charge in [-0.1, -0.05) is 49.3 Å². The number of carbonyl (C=O) groups excluding carboxylic acids is 5. The molecule has 4 aliphatic rings. The molecule has 290 valence electrons. The van der Waals surface area contributed by atoms with Gasteiger partial charge in [0.05, 0.1) is 13.1 Å². The fourth-order valence-corrected chi connectivity index (χ4v) is 7.51. The van der Waals surface area contributed by atoms with Gasteiger partial charge in [0.1, 0.15) is 41.0 Å². The predicted octanol–water partition coefficient (Wildman–Crippen LogP) is 5.03. The number of benzene rings is 2. The van der Waals surface area contributed by atoms with Gasteiger partial charge in [0.25, 0.3) is 0 Å². The van der Waals surface area contributed by atoms with Gasteiger partial charge in [-0.2, -0.15) is 0 Å². The van der Waals surface area contributed by atoms with Crippen molar-refractivity contribution in [1.82, 2.24) is 25.8 Å². The summed E-state index contributed by atoms with van der Waals surface area (Å²) < 4.78 is 39.5. The van der Waals surface area contributed by atoms with E-state index < -0.39 is 65.1 Å². The Bertz CT molecular complexity index is 1800. The van der Waals surface area contributed by atoms with Crippen molar-refractivity contribution < 1.29 is 42.2 Å². The number of alkyl carbamates (subject to hydrolysis) is 1. The summed E-state index contributed by atoms with van der Waals surface area (Å²) in [6, 6.07) is 8.60. The molecule has 5 amide bonds. The highest BCUT2D eigenvalue weighted by molar-refractivity contribution is 5.98. The van der Waals surface area contributed by atoms with Crippen molar-refractivity contribution in [2.75, 3.05) is 13.1 Å². The lowest BCUT2D eigenvalue weighted by atomic mass is 10.0. The molecule has 0 radical (unpaired) electrons. The fourth-order valence-electron chi connectivity index (χ4n) is 7.51. The minimum Gasteiger partial charge on any atom is -0.444 e. The zero-order chi connectivity index (χ0) is 38.6. The maximum absolute atomic E-state index is 14.4. The lowest BCUT2D eigenvalue weighted by Gasteiger charge is -2.30. The molecule has 5 atom stereocenters. The Hall–Kier alpha value is -5.01. The topological polar surface area (TPSA) is 146 Å². The van der Waals surface area contributed by atoms with Gasteiger partial charge in [-0.05, 0) is 82.2 Å². The summed E-state index contributed by atoms with van der Waals surface area (Å²) in [5, 5.41) is 8.57. The molecule has 12 nitrogen and oxygen atoms in total. The van der Waals surface area contributed by atoms with Gasteiger partial charge in [0, 0.05) is 31.0 Å². The first-order valence-corrected chi connectivity index (χ1v) is 18.8. The molecule has 54 heavy (non-hydrogen) atoms. The normalized spacial score (nSPS) is 26.2. The molecule has 3 heterocycles. The summed E-state index contributed by atoms with van der Waals surface area (Å²) in [6.07, 6.45) is 5.41. The number of amides is 5. The van der Waals surface area contributed by atoms with Crippen molar-refractivity contribution in [2.24, 2.45) is 5.92 Å². The van der Waals surface area contributed by atoms with E-state index in [0.717, 1.165) is 19.3 Å². The average Bonchev–Trinajstić information content (AvgIpc) is 3.40. The molecule has 2 aromatic carbocycles. The van der Waals surface area contributed by atoms with Crippen LogP contribution in [0.4, 0.5) is 18.4 Å². The van der Waals surface area contributed by atoms with E-state index in [0.29, 0.717) is 36.0 Å². The quantitative estimate of drug-likeness (QED) is 0.351. The number of halogens is 2. The zero-order valence-electron chi connectivity index (χ0n) is 31.0. The van der Waals surface area contributed by atoms with Crippen molar-refractivity contribution in [3.63, 3.8) is 0 Å². The van der Waals surface area contributed by atoms with E-state index in [4.69, 9.17) is 9.47 Å². The van der Waals surface area contributed by atoms with Gasteiger partial charge in [0.2, 0.25) is 17.7 Å². The van der Waals surface area contributed by atoms with Gasteiger partial charge in [0.15, 0.2) is 0 Å². The Labute approximate surface area is 314 Å². The molecule has 0 spiro atoms. The highest BCUT2D eigenvalue weighted by atomic mass is 19.1. The van der Waals surface area contributed by atoms with Crippen LogP contribution in [0.25, 0.3) is 0 Å². The number of allylic oxidation sites excluding steroid dienone is 1. The van der Waals surface area contributed by atoms with Crippen LogP contribution in [0.2, 0.25) is 0 Å². The number of hydrogen-bond donors (Lipinski definition) is 3. The number of nitrogens with zero attached hydrogens (tertiary/aromatic N) is 2. The highest BCUT2D eigenvalue weighted by Gasteiger charge is 2.61. The molecule has 14 heteroatoms. The standard InChI is InChI=1S/C40H49F2N5O7/c1-39(2,3)54-37(51)44-32-16-8-6-4-5-7-13-27-21-40(27,36(50)43-18-17-25-11-9-14-28(41)19-25)45-34(48)33-20-29(23-47(33)35(32)49)53-38(52)46-22-26-12-10-15-31(42)30(26)24-46/h7,9-15,19,27,29,32-33H,4-6,8,16-18,20-24H2,1-3H3,(H,43,50)(H,44,51)(H,45,48)/b13-7-/t27?,29-,32?,33+,40?/m1/s1. The largest absolute Gasteiger partial charge is 0.444 e. The first-order valence-electron chi connectivity index (χ1n) is 18.8. The summed E-state index contributed by atoms with van der Waals surface area (Å²) in [6.45, 7) is 5.38. The van der Waals surface area contributed by atoms with Crippen molar-refractivity contribution in [2.45, 2.75) is 115 Å². The van der Waals surface area contributed by atoms with Crippen LogP contribution in [-0.4, -0.2) is 82.1 Å². The van der Waals surface area contributed by atoms with Crippen LogP contribution in [0, 0.1) is 17.6 Å². The number of ether oxygens (including phenoxy) is 2. The monoisotopic (exact) mass is 749 g/mol. The molecule has 0 aromatic heterocycles. The van der Waals surface area contributed by atoms with E-state index in [9.17, 15) is 32.8 Å². The summed E-state index contributed by atoms with van der Waals surface area (Å²) in [7, 11) is 0. The lowest BCUT2D eigenvalue weighted by Crippen LogP contribution is -2.58. The molecular formula is C40H49F2N5O7. The SMILES string of the molecule is CC(C)(C)OC(=O)NC1CCCCC/C=C\C2CC2(C(=O)NCCc2cccc(F)c2)NC(=O)[C@@H]2C[C@@H](OC(=O)N3Cc4cccc(F)c4C3)CN2C1=O. The predicted molar refractivity (Wildman–Crippen MR) is 194 cm³/mol. The van der Waals surface area contributed by atoms with Gasteiger partial charge < -0.3 is 30.3 Å². The molecule has 1 saturated carbocycles. The van der Waals surface area contributed by atoms with Crippen molar-refractivity contribution in [3.05, 3.63) is 82.9 Å². The second-order valence-corrected chi connectivity index (χ2v) is 15.7. The molecule has 3 unspecified atom stereocenters. The van der Waals surface area contributed by atoms with Crippen LogP contribution >= 0.6 is 0 Å². The van der Waals surface area contributed by atoms with E-state index in [1.54, 1.807) is 45.0 Å². The molecule has 1 aliphatic carbocycles. The first kappa shape index (κ1) is 38.7. The molecule has 1 saturated heterocycles. The Morgan fingerprint density at radius 1 is 1.04 bits per heavy atom. The van der Waals surface area contributed by atoms with Crippen LogP contribution in [0.1, 0.15) is 82.4 Å². The maximum atomic E-state index is 14.4. The van der Waals surface area contributed by atoms with E-state index in [2.05, 4.69) is 16.0 Å². The van der Waals surface area contributed by atoms with Gasteiger partial charge in [-0.15, -0.1) is 0 Å². The smallest absolute Gasteiger partial charge is 0.410 e. The number of fused-ring (bicyclic) bond motifs is 3. The van der Waals surface area contributed by atoms with Crippen LogP contribution in [-0.2, 0) is 43.4 Å². The lowest BCUT2D eigenvalue weighted by molar-refractivity contribution is -0.141. The summed E-state index contributed by atoms with van der Waals surface area (Å²) in [5.74, 6) is -2.61. The minimum absolute atomic E-state index is 0.0216. The third kappa shape index (κ3) is 9.19. The van der Waals surface area contributed by atoms with Crippen molar-refractivity contribution in [1.29, 1.82) is 0 Å². The third-order valence-electron chi connectivity index (χ3n) is 10.4. The third-order valence-corrected chi connectivity index (χ3v) is 10.4. The average molecular weight is 750 g/mol. The molecule has 3 aliphatic heterocycles. The van der Waals surface area contributed by atoms with Crippen LogP contribution in [0.15, 0.2) is 54.6 Å². The van der Waals surface area contributed by atoms with E-state index in [1.807, 2.05) is 12.2 Å². The number of carbonyl (C=O) groups is 5. The molecule has 3 N–H and O–H groups in total. The van der Waals surface area contributed by atoms with Crippen molar-refractivity contribution in [3.8, 4) is 0 Å². The van der Waals surface area contributed by atoms with Crippen LogP contribution < -0.4 is 16.0 Å². The molecular weight excluding hydrogens is 700 g/mol. The van der Waals surface area contributed by atoms with Crippen molar-refractivity contribution >= 4 is 29.9 Å². The second-order valence-electron chi connectivity index (χ2n) is 15.7. The van der Waals surface area contributed by atoms with Gasteiger partial charge in [-0.25, -0.2) is 18.4 Å². The van der Waals surface area contributed by atoms with Gasteiger partial charge in [-0.3, -0.25) is 19.3 Å². The Balaban J connectivity index is 1.22. The molecule has 2 aromatic rings. The summed E-state index contributed by atoms with van der Waals surface area (Å²) >= 11 is 0. The van der Waals surface area contributed by atoms with E-state index >= 15 is 0 Å². The number of rotatable bonds is 6. The van der Waals surface area contributed by atoms with Crippen LogP contribution in [0.3, 0.4) is 0 Å². The van der Waals surface area contributed by atoms with E-state index in [1.165, 1.54) is 28.0 Å². The Kier molecular flexibility index (Phi) is 11.6. The maximum Gasteiger partial charge on any atom is 0.410 e. The number of hydrogen-bond acceptors (Lipinski definition) is 7. The van der Waals surface area contributed by atoms with Gasteiger partial charge >= 0.3 is 12.2 Å².